The molecule has 0 unspecified atom stereocenters. The number of H-pyrrole nitrogens is 1. The number of aromatic amines is 1. The Morgan fingerprint density at radius 1 is 1.35 bits per heavy atom. The molecule has 0 spiro atoms. The van der Waals surface area contributed by atoms with Crippen molar-refractivity contribution in [3.63, 3.8) is 0 Å². The minimum absolute atomic E-state index is 0.0812. The van der Waals surface area contributed by atoms with Crippen LogP contribution in [-0.2, 0) is 11.3 Å². The first-order valence-electron chi connectivity index (χ1n) is 8.19. The number of hydrogen-bond donors (Lipinski definition) is 2. The molecule has 3 N–H and O–H groups in total. The van der Waals surface area contributed by atoms with Gasteiger partial charge in [-0.25, -0.2) is 9.18 Å². The Bertz CT molecular complexity index is 946. The highest BCUT2D eigenvalue weighted by Crippen LogP contribution is 2.16. The Kier molecular flexibility index (Phi) is 6.11. The first-order valence-corrected chi connectivity index (χ1v) is 8.19. The number of halogens is 1. The number of nitrogens with two attached hydrogens (primary N) is 1. The Morgan fingerprint density at radius 3 is 2.69 bits per heavy atom. The summed E-state index contributed by atoms with van der Waals surface area (Å²) in [5.74, 6) is -1.13. The zero-order chi connectivity index (χ0) is 19.3. The van der Waals surface area contributed by atoms with Gasteiger partial charge in [0.2, 0.25) is 0 Å². The quantitative estimate of drug-likeness (QED) is 0.766. The number of hydrogen-bond acceptors (Lipinski definition) is 4. The van der Waals surface area contributed by atoms with Gasteiger partial charge in [-0.2, -0.15) is 0 Å². The van der Waals surface area contributed by atoms with Gasteiger partial charge >= 0.3 is 5.69 Å². The van der Waals surface area contributed by atoms with Crippen LogP contribution in [0.5, 0.6) is 0 Å². The van der Waals surface area contributed by atoms with Crippen LogP contribution in [0.4, 0.5) is 15.9 Å². The van der Waals surface area contributed by atoms with Crippen LogP contribution in [0.3, 0.4) is 0 Å². The van der Waals surface area contributed by atoms with E-state index in [0.717, 1.165) is 17.4 Å². The fraction of sp³-hybridized carbons (Fsp3) is 0.278. The van der Waals surface area contributed by atoms with Crippen molar-refractivity contribution in [2.45, 2.75) is 26.3 Å². The average molecular weight is 360 g/mol. The lowest BCUT2D eigenvalue weighted by molar-refractivity contribution is -0.113. The fourth-order valence-electron chi connectivity index (χ4n) is 2.43. The average Bonchev–Trinajstić information content (AvgIpc) is 2.60. The molecule has 1 heterocycles. The molecule has 1 aromatic carbocycles. The predicted octanol–water partition coefficient (Wildman–Crippen LogP) is 1.73. The molecule has 0 atom stereocenters. The van der Waals surface area contributed by atoms with E-state index >= 15 is 0 Å². The second kappa shape index (κ2) is 8.28. The topological polar surface area (TPSA) is 101 Å². The Labute approximate surface area is 149 Å². The van der Waals surface area contributed by atoms with Crippen LogP contribution < -0.4 is 21.9 Å². The molecule has 1 amide bonds. The van der Waals surface area contributed by atoms with Crippen molar-refractivity contribution in [3.8, 4) is 0 Å². The molecule has 8 heteroatoms. The third-order valence-corrected chi connectivity index (χ3v) is 3.93. The van der Waals surface area contributed by atoms with Gasteiger partial charge in [-0.3, -0.25) is 19.1 Å². The van der Waals surface area contributed by atoms with Crippen LogP contribution in [0.15, 0.2) is 39.9 Å². The summed E-state index contributed by atoms with van der Waals surface area (Å²) in [5.41, 5.74) is 4.71. The van der Waals surface area contributed by atoms with Gasteiger partial charge in [0, 0.05) is 25.2 Å². The first-order chi connectivity index (χ1) is 12.4. The van der Waals surface area contributed by atoms with Gasteiger partial charge in [0.25, 0.3) is 11.5 Å². The van der Waals surface area contributed by atoms with Crippen LogP contribution in [0.25, 0.3) is 6.08 Å². The van der Waals surface area contributed by atoms with E-state index in [1.807, 2.05) is 6.92 Å². The van der Waals surface area contributed by atoms with Crippen LogP contribution in [0.1, 0.15) is 25.3 Å². The Morgan fingerprint density at radius 2 is 2.04 bits per heavy atom. The van der Waals surface area contributed by atoms with Crippen LogP contribution in [0.2, 0.25) is 0 Å². The molecule has 2 rings (SSSR count). The largest absolute Gasteiger partial charge is 0.383 e. The summed E-state index contributed by atoms with van der Waals surface area (Å²) < 4.78 is 14.8. The lowest BCUT2D eigenvalue weighted by Crippen LogP contribution is -2.38. The number of carbonyl (C=O) groups excluding carboxylic acids is 1. The molecule has 0 aliphatic rings. The number of nitrogen functional groups attached to an aromatic ring is 1. The minimum atomic E-state index is -0.754. The number of nitrogens with zero attached hydrogens (tertiary/aromatic N) is 2. The molecule has 0 aliphatic carbocycles. The molecule has 0 radical (unpaired) electrons. The third kappa shape index (κ3) is 4.08. The van der Waals surface area contributed by atoms with Gasteiger partial charge in [0.15, 0.2) is 5.69 Å². The van der Waals surface area contributed by atoms with E-state index in [-0.39, 0.29) is 17.1 Å². The van der Waals surface area contributed by atoms with E-state index in [4.69, 9.17) is 5.73 Å². The second-order valence-corrected chi connectivity index (χ2v) is 5.75. The number of unbranched alkanes of at least 4 members (excludes halogenated alkanes) is 1. The van der Waals surface area contributed by atoms with Crippen molar-refractivity contribution < 1.29 is 9.18 Å². The maximum absolute atomic E-state index is 13.6. The molecule has 0 saturated carbocycles. The van der Waals surface area contributed by atoms with E-state index in [9.17, 15) is 18.8 Å². The minimum Gasteiger partial charge on any atom is -0.383 e. The van der Waals surface area contributed by atoms with Gasteiger partial charge in [-0.1, -0.05) is 31.5 Å². The molecule has 138 valence electrons. The van der Waals surface area contributed by atoms with Crippen LogP contribution in [-0.4, -0.2) is 22.5 Å². The summed E-state index contributed by atoms with van der Waals surface area (Å²) >= 11 is 0. The molecule has 0 bridgehead atoms. The molecule has 2 aromatic rings. The van der Waals surface area contributed by atoms with Gasteiger partial charge < -0.3 is 10.6 Å². The van der Waals surface area contributed by atoms with E-state index in [2.05, 4.69) is 4.98 Å². The van der Waals surface area contributed by atoms with Gasteiger partial charge in [-0.15, -0.1) is 0 Å². The Balaban J connectivity index is 2.35. The first kappa shape index (κ1) is 19.2. The van der Waals surface area contributed by atoms with Crippen molar-refractivity contribution >= 4 is 23.5 Å². The number of carbonyl (C=O) groups is 1. The third-order valence-electron chi connectivity index (χ3n) is 3.93. The number of nitrogens with one attached hydrogen (secondary N) is 1. The molecule has 0 aliphatic heterocycles. The zero-order valence-electron chi connectivity index (χ0n) is 14.7. The SMILES string of the molecule is CCCCn1c(N)c(N(C)C(=O)/C=C/c2ccccc2F)c(=O)[nH]c1=O. The molecule has 7 nitrogen and oxygen atoms in total. The fourth-order valence-corrected chi connectivity index (χ4v) is 2.43. The predicted molar refractivity (Wildman–Crippen MR) is 99.5 cm³/mol. The van der Waals surface area contributed by atoms with Crippen molar-refractivity contribution in [2.24, 2.45) is 0 Å². The van der Waals surface area contributed by atoms with Crippen molar-refractivity contribution in [3.05, 3.63) is 62.6 Å². The summed E-state index contributed by atoms with van der Waals surface area (Å²) in [7, 11) is 1.36. The molecule has 1 aromatic heterocycles. The Hall–Kier alpha value is -3.16. The second-order valence-electron chi connectivity index (χ2n) is 5.75. The number of amides is 1. The number of anilines is 2. The van der Waals surface area contributed by atoms with Crippen molar-refractivity contribution in [1.29, 1.82) is 0 Å². The summed E-state index contributed by atoms with van der Waals surface area (Å²) in [6.45, 7) is 2.29. The smallest absolute Gasteiger partial charge is 0.330 e. The van der Waals surface area contributed by atoms with E-state index < -0.39 is 23.0 Å². The lowest BCUT2D eigenvalue weighted by atomic mass is 10.2. The maximum atomic E-state index is 13.6. The lowest BCUT2D eigenvalue weighted by Gasteiger charge is -2.19. The van der Waals surface area contributed by atoms with Crippen LogP contribution >= 0.6 is 0 Å². The van der Waals surface area contributed by atoms with E-state index in [1.165, 1.54) is 29.8 Å². The zero-order valence-corrected chi connectivity index (χ0v) is 14.7. The highest BCUT2D eigenvalue weighted by molar-refractivity contribution is 6.04. The van der Waals surface area contributed by atoms with Crippen molar-refractivity contribution in [1.82, 2.24) is 9.55 Å². The highest BCUT2D eigenvalue weighted by Gasteiger charge is 2.19. The maximum Gasteiger partial charge on any atom is 0.330 e. The highest BCUT2D eigenvalue weighted by atomic mass is 19.1. The molecule has 26 heavy (non-hydrogen) atoms. The number of aromatic nitrogens is 2. The summed E-state index contributed by atoms with van der Waals surface area (Å²) in [4.78, 5) is 39.6. The van der Waals surface area contributed by atoms with E-state index in [0.29, 0.717) is 13.0 Å². The molecular formula is C18H21FN4O3. The van der Waals surface area contributed by atoms with Crippen LogP contribution in [0, 0.1) is 5.82 Å². The van der Waals surface area contributed by atoms with Gasteiger partial charge in [0.1, 0.15) is 11.6 Å². The number of benzene rings is 1. The van der Waals surface area contributed by atoms with Gasteiger partial charge in [-0.05, 0) is 18.6 Å². The normalized spacial score (nSPS) is 11.0. The number of likely N-dealkylation sites (N-methyl/N-ethyl adjacent to an activating group) is 1. The van der Waals surface area contributed by atoms with Gasteiger partial charge in [0.05, 0.1) is 0 Å². The summed E-state index contributed by atoms with van der Waals surface area (Å²) in [6, 6.07) is 5.98. The monoisotopic (exact) mass is 360 g/mol. The number of rotatable bonds is 6. The summed E-state index contributed by atoms with van der Waals surface area (Å²) in [6.07, 6.45) is 3.98. The van der Waals surface area contributed by atoms with Crippen molar-refractivity contribution in [2.75, 3.05) is 17.7 Å². The molecule has 0 fully saturated rings. The summed E-state index contributed by atoms with van der Waals surface area (Å²) in [5, 5.41) is 0. The molecular weight excluding hydrogens is 339 g/mol. The van der Waals surface area contributed by atoms with E-state index in [1.54, 1.807) is 12.1 Å². The molecule has 0 saturated heterocycles. The standard InChI is InChI=1S/C18H21FN4O3/c1-3-4-11-23-16(20)15(17(25)21-18(23)26)22(2)14(24)10-9-12-7-5-6-8-13(12)19/h5-10H,3-4,11,20H2,1-2H3,(H,21,25,26)/b10-9+.